The second kappa shape index (κ2) is 16.5. The van der Waals surface area contributed by atoms with Crippen LogP contribution >= 0.6 is 15.9 Å². The molecule has 1 heterocycles. The van der Waals surface area contributed by atoms with Crippen LogP contribution in [0.2, 0.25) is 0 Å². The Hall–Kier alpha value is -5.32. The third-order valence-corrected chi connectivity index (χ3v) is 8.42. The molecule has 0 bridgehead atoms. The molecule has 2 atom stereocenters. The van der Waals surface area contributed by atoms with E-state index in [2.05, 4.69) is 41.3 Å². The van der Waals surface area contributed by atoms with E-state index in [4.69, 9.17) is 25.1 Å². The first kappa shape index (κ1) is 34.0. The van der Waals surface area contributed by atoms with Crippen molar-refractivity contribution >= 4 is 33.4 Å². The van der Waals surface area contributed by atoms with E-state index in [0.29, 0.717) is 59.7 Å². The highest BCUT2D eigenvalue weighted by Gasteiger charge is 2.54. The number of carbonyl (C=O) groups excluding carboxylic acids is 1. The van der Waals surface area contributed by atoms with Crippen molar-refractivity contribution in [2.45, 2.75) is 37.5 Å². The van der Waals surface area contributed by atoms with Gasteiger partial charge in [-0.3, -0.25) is 4.79 Å². The molecule has 244 valence electrons. The van der Waals surface area contributed by atoms with E-state index in [0.717, 1.165) is 10.0 Å². The number of aliphatic imine (C=N–C) groups is 1. The minimum absolute atomic E-state index is 0.0291. The number of benzene rings is 4. The van der Waals surface area contributed by atoms with E-state index in [9.17, 15) is 10.3 Å². The topological polar surface area (TPSA) is 178 Å². The number of nitrogens with zero attached hydrogens (tertiary/aromatic N) is 7. The molecule has 4 aromatic rings. The van der Waals surface area contributed by atoms with Gasteiger partial charge in [0.05, 0.1) is 13.2 Å². The van der Waals surface area contributed by atoms with Crippen LogP contribution in [0.3, 0.4) is 0 Å². The number of ether oxygens (including phenoxy) is 2. The first-order valence-corrected chi connectivity index (χ1v) is 16.1. The molecule has 1 aliphatic rings. The van der Waals surface area contributed by atoms with Gasteiger partial charge in [0.2, 0.25) is 5.90 Å². The van der Waals surface area contributed by atoms with Gasteiger partial charge in [-0.05, 0) is 76.1 Å². The highest BCUT2D eigenvalue weighted by atomic mass is 79.9. The van der Waals surface area contributed by atoms with Crippen LogP contribution in [-0.2, 0) is 28.9 Å². The smallest absolute Gasteiger partial charge is 0.252 e. The van der Waals surface area contributed by atoms with Gasteiger partial charge < -0.3 is 19.9 Å². The molecular formula is C35H33BrN8O4. The summed E-state index contributed by atoms with van der Waals surface area (Å²) in [5.74, 6) is 0.477. The summed E-state index contributed by atoms with van der Waals surface area (Å²) in [7, 11) is 0. The van der Waals surface area contributed by atoms with Gasteiger partial charge in [-0.25, -0.2) is 4.99 Å². The average Bonchev–Trinajstić information content (AvgIpc) is 3.50. The molecule has 0 fully saturated rings. The molecule has 0 saturated carbocycles. The predicted molar refractivity (Wildman–Crippen MR) is 186 cm³/mol. The zero-order valence-electron chi connectivity index (χ0n) is 25.9. The Morgan fingerprint density at radius 1 is 0.979 bits per heavy atom. The summed E-state index contributed by atoms with van der Waals surface area (Å²) < 4.78 is 13.3. The molecule has 13 heteroatoms. The van der Waals surface area contributed by atoms with Crippen LogP contribution in [-0.4, -0.2) is 42.2 Å². The third-order valence-electron chi connectivity index (χ3n) is 7.89. The Bertz CT molecular complexity index is 1860. The van der Waals surface area contributed by atoms with Crippen molar-refractivity contribution in [1.82, 2.24) is 5.32 Å². The van der Waals surface area contributed by atoms with Gasteiger partial charge in [0.15, 0.2) is 11.6 Å². The van der Waals surface area contributed by atoms with Crippen molar-refractivity contribution in [2.24, 2.45) is 15.2 Å². The molecule has 0 saturated heterocycles. The van der Waals surface area contributed by atoms with Gasteiger partial charge in [-0.1, -0.05) is 86.8 Å². The molecule has 1 amide bonds. The largest absolute Gasteiger partial charge is 0.494 e. The van der Waals surface area contributed by atoms with Gasteiger partial charge in [-0.15, -0.1) is 0 Å². The maximum absolute atomic E-state index is 14.6. The molecular weight excluding hydrogens is 676 g/mol. The van der Waals surface area contributed by atoms with Gasteiger partial charge in [0, 0.05) is 51.5 Å². The second-order valence-corrected chi connectivity index (χ2v) is 11.9. The van der Waals surface area contributed by atoms with Crippen LogP contribution in [0.25, 0.3) is 20.9 Å². The molecule has 12 nitrogen and oxygen atoms in total. The van der Waals surface area contributed by atoms with E-state index in [1.807, 2.05) is 54.6 Å². The van der Waals surface area contributed by atoms with Gasteiger partial charge in [0.25, 0.3) is 5.91 Å². The fourth-order valence-electron chi connectivity index (χ4n) is 5.52. The summed E-state index contributed by atoms with van der Waals surface area (Å²) in [6, 6.07) is 29.4. The van der Waals surface area contributed by atoms with Gasteiger partial charge in [-0.2, -0.15) is 0 Å². The van der Waals surface area contributed by atoms with Crippen LogP contribution in [0, 0.1) is 0 Å². The number of rotatable bonds is 15. The van der Waals surface area contributed by atoms with Crippen LogP contribution in [0.1, 0.15) is 40.3 Å². The Morgan fingerprint density at radius 3 is 2.44 bits per heavy atom. The number of amides is 1. The quantitative estimate of drug-likeness (QED) is 0.0554. The fourth-order valence-corrected chi connectivity index (χ4v) is 5.79. The minimum atomic E-state index is -1.56. The van der Waals surface area contributed by atoms with Crippen LogP contribution < -0.4 is 10.1 Å². The first-order chi connectivity index (χ1) is 23.5. The third kappa shape index (κ3) is 8.14. The number of aliphatic hydroxyl groups excluding tert-OH is 1. The second-order valence-electron chi connectivity index (χ2n) is 11.0. The number of azide groups is 2. The van der Waals surface area contributed by atoms with Crippen molar-refractivity contribution in [3.63, 3.8) is 0 Å². The monoisotopic (exact) mass is 708 g/mol. The van der Waals surface area contributed by atoms with E-state index >= 15 is 0 Å². The van der Waals surface area contributed by atoms with E-state index in [1.165, 1.54) is 0 Å². The average molecular weight is 710 g/mol. The highest BCUT2D eigenvalue weighted by molar-refractivity contribution is 9.10. The molecule has 4 aromatic carbocycles. The number of hydrogen-bond donors (Lipinski definition) is 2. The lowest BCUT2D eigenvalue weighted by Crippen LogP contribution is -2.50. The maximum atomic E-state index is 14.6. The lowest BCUT2D eigenvalue weighted by Gasteiger charge is -2.32. The number of nitrogens with one attached hydrogen (secondary N) is 1. The molecule has 0 aromatic heterocycles. The molecule has 1 aliphatic heterocycles. The summed E-state index contributed by atoms with van der Waals surface area (Å²) in [5.41, 5.74) is 20.8. The molecule has 2 N–H and O–H groups in total. The standard InChI is InChI=1S/C35H33BrN8O4/c36-28-14-10-24(11-15-28)18-19-39-34(46)35(22-26-6-2-4-9-31(26)42-44-38)32(30-8-3-1-7-27(30)23-40-43-37)48-33(41-35)25-12-16-29(17-13-25)47-21-5-20-45/h1-4,6-17,32,45H,5,18-23H2,(H,39,46)/t32-,35-/m1/s1. The van der Waals surface area contributed by atoms with Crippen molar-refractivity contribution in [2.75, 3.05) is 19.8 Å². The summed E-state index contributed by atoms with van der Waals surface area (Å²) in [6.07, 6.45) is 0.187. The molecule has 0 unspecified atom stereocenters. The van der Waals surface area contributed by atoms with Crippen LogP contribution in [0.5, 0.6) is 5.75 Å². The molecule has 5 rings (SSSR count). The van der Waals surface area contributed by atoms with Crippen molar-refractivity contribution in [1.29, 1.82) is 0 Å². The normalized spacial score (nSPS) is 16.5. The summed E-state index contributed by atoms with van der Waals surface area (Å²) >= 11 is 3.46. The lowest BCUT2D eigenvalue weighted by molar-refractivity contribution is -0.128. The summed E-state index contributed by atoms with van der Waals surface area (Å²) in [5, 5.41) is 19.9. The van der Waals surface area contributed by atoms with Crippen molar-refractivity contribution < 1.29 is 19.4 Å². The number of carbonyl (C=O) groups is 1. The Morgan fingerprint density at radius 2 is 1.71 bits per heavy atom. The molecule has 48 heavy (non-hydrogen) atoms. The summed E-state index contributed by atoms with van der Waals surface area (Å²) in [6.45, 7) is 0.767. The van der Waals surface area contributed by atoms with Gasteiger partial charge >= 0.3 is 0 Å². The first-order valence-electron chi connectivity index (χ1n) is 15.3. The highest BCUT2D eigenvalue weighted by Crippen LogP contribution is 2.45. The van der Waals surface area contributed by atoms with E-state index in [1.54, 1.807) is 42.5 Å². The molecule has 0 aliphatic carbocycles. The Labute approximate surface area is 285 Å². The summed E-state index contributed by atoms with van der Waals surface area (Å²) in [4.78, 5) is 25.7. The Kier molecular flexibility index (Phi) is 11.7. The maximum Gasteiger partial charge on any atom is 0.252 e. The Balaban J connectivity index is 1.60. The van der Waals surface area contributed by atoms with Crippen LogP contribution in [0.15, 0.2) is 117 Å². The predicted octanol–water partition coefficient (Wildman–Crippen LogP) is 7.82. The zero-order valence-corrected chi connectivity index (χ0v) is 27.5. The van der Waals surface area contributed by atoms with Crippen LogP contribution in [0.4, 0.5) is 5.69 Å². The lowest BCUT2D eigenvalue weighted by atomic mass is 9.80. The molecule has 0 spiro atoms. The zero-order chi connectivity index (χ0) is 33.8. The minimum Gasteiger partial charge on any atom is -0.494 e. The van der Waals surface area contributed by atoms with E-state index in [-0.39, 0.29) is 31.4 Å². The fraction of sp³-hybridized carbons (Fsp3) is 0.257. The van der Waals surface area contributed by atoms with Crippen molar-refractivity contribution in [3.8, 4) is 5.75 Å². The number of halogens is 1. The van der Waals surface area contributed by atoms with Crippen molar-refractivity contribution in [3.05, 3.63) is 150 Å². The van der Waals surface area contributed by atoms with E-state index < -0.39 is 11.6 Å². The number of hydrogen-bond acceptors (Lipinski definition) is 7. The van der Waals surface area contributed by atoms with Gasteiger partial charge in [0.1, 0.15) is 5.75 Å². The SMILES string of the molecule is [N-]=[N+]=NCc1ccccc1[C@H]1OC(c2ccc(OCCCO)cc2)=N[C@@]1(Cc1ccccc1N=[N+]=[N-])C(=O)NCCc1ccc(Br)cc1. The number of aliphatic hydroxyl groups is 1. The molecule has 0 radical (unpaired) electrons.